The van der Waals surface area contributed by atoms with Crippen LogP contribution >= 0.6 is 0 Å². The molecular formula is C16H16O3. The number of aryl methyl sites for hydroxylation is 1. The normalized spacial score (nSPS) is 12.1. The zero-order valence-corrected chi connectivity index (χ0v) is 10.7. The maximum Gasteiger partial charge on any atom is 0.329 e. The predicted molar refractivity (Wildman–Crippen MR) is 73.1 cm³/mol. The molecule has 3 heteroatoms. The van der Waals surface area contributed by atoms with Crippen LogP contribution in [0.2, 0.25) is 0 Å². The van der Waals surface area contributed by atoms with Crippen molar-refractivity contribution in [2.45, 2.75) is 13.0 Å². The van der Waals surface area contributed by atoms with E-state index in [4.69, 9.17) is 9.84 Å². The zero-order valence-electron chi connectivity index (χ0n) is 10.7. The molecule has 98 valence electrons. The van der Waals surface area contributed by atoms with Crippen molar-refractivity contribution in [1.82, 2.24) is 0 Å². The third-order valence-electron chi connectivity index (χ3n) is 2.95. The number of benzene rings is 2. The van der Waals surface area contributed by atoms with Crippen LogP contribution in [0.25, 0.3) is 0 Å². The fraction of sp³-hybridized carbons (Fsp3) is 0.188. The minimum Gasteiger partial charge on any atom is -0.480 e. The maximum absolute atomic E-state index is 10.7. The van der Waals surface area contributed by atoms with Crippen molar-refractivity contribution in [2.24, 2.45) is 0 Å². The highest BCUT2D eigenvalue weighted by Crippen LogP contribution is 2.28. The van der Waals surface area contributed by atoms with Crippen LogP contribution in [-0.2, 0) is 9.53 Å². The highest BCUT2D eigenvalue weighted by molar-refractivity contribution is 5.68. The lowest BCUT2D eigenvalue weighted by atomic mass is 9.97. The molecule has 0 unspecified atom stereocenters. The Morgan fingerprint density at radius 3 is 2.37 bits per heavy atom. The predicted octanol–water partition coefficient (Wildman–Crippen LogP) is 3.19. The monoisotopic (exact) mass is 256 g/mol. The summed E-state index contributed by atoms with van der Waals surface area (Å²) in [5, 5.41) is 8.80. The van der Waals surface area contributed by atoms with E-state index in [1.807, 2.05) is 61.5 Å². The molecular weight excluding hydrogens is 240 g/mol. The zero-order chi connectivity index (χ0) is 13.7. The fourth-order valence-corrected chi connectivity index (χ4v) is 2.03. The molecule has 0 aliphatic rings. The fourth-order valence-electron chi connectivity index (χ4n) is 2.03. The third-order valence-corrected chi connectivity index (χ3v) is 2.95. The van der Waals surface area contributed by atoms with Crippen molar-refractivity contribution in [2.75, 3.05) is 6.61 Å². The highest BCUT2D eigenvalue weighted by atomic mass is 16.5. The van der Waals surface area contributed by atoms with Gasteiger partial charge in [-0.2, -0.15) is 0 Å². The van der Waals surface area contributed by atoms with Crippen LogP contribution in [0.5, 0.6) is 0 Å². The van der Waals surface area contributed by atoms with Gasteiger partial charge in [0.15, 0.2) is 0 Å². The summed E-state index contributed by atoms with van der Waals surface area (Å²) in [7, 11) is 0. The Hall–Kier alpha value is -2.13. The number of aliphatic carboxylic acids is 1. The lowest BCUT2D eigenvalue weighted by molar-refractivity contribution is -0.143. The van der Waals surface area contributed by atoms with E-state index in [0.29, 0.717) is 0 Å². The van der Waals surface area contributed by atoms with Crippen LogP contribution in [0.15, 0.2) is 54.6 Å². The third kappa shape index (κ3) is 3.42. The number of carbonyl (C=O) groups is 1. The molecule has 0 amide bonds. The van der Waals surface area contributed by atoms with Gasteiger partial charge in [-0.25, -0.2) is 4.79 Å². The Kier molecular flexibility index (Phi) is 4.31. The van der Waals surface area contributed by atoms with E-state index in [1.54, 1.807) is 0 Å². The van der Waals surface area contributed by atoms with Crippen LogP contribution in [0.4, 0.5) is 0 Å². The molecule has 0 fully saturated rings. The molecule has 2 aromatic carbocycles. The number of carboxylic acid groups (broad SMARTS) is 1. The number of hydrogen-bond donors (Lipinski definition) is 1. The van der Waals surface area contributed by atoms with Crippen LogP contribution in [0, 0.1) is 6.92 Å². The van der Waals surface area contributed by atoms with Gasteiger partial charge in [0, 0.05) is 0 Å². The Morgan fingerprint density at radius 2 is 1.74 bits per heavy atom. The highest BCUT2D eigenvalue weighted by Gasteiger charge is 2.17. The van der Waals surface area contributed by atoms with Crippen molar-refractivity contribution in [3.05, 3.63) is 71.3 Å². The first-order valence-electron chi connectivity index (χ1n) is 6.12. The van der Waals surface area contributed by atoms with Crippen molar-refractivity contribution >= 4 is 5.97 Å². The molecule has 0 radical (unpaired) electrons. The number of ether oxygens (including phenoxy) is 1. The molecule has 0 saturated heterocycles. The molecule has 19 heavy (non-hydrogen) atoms. The van der Waals surface area contributed by atoms with Crippen LogP contribution in [0.3, 0.4) is 0 Å². The van der Waals surface area contributed by atoms with Gasteiger partial charge in [-0.3, -0.25) is 0 Å². The van der Waals surface area contributed by atoms with Crippen molar-refractivity contribution in [1.29, 1.82) is 0 Å². The first kappa shape index (κ1) is 13.3. The quantitative estimate of drug-likeness (QED) is 0.893. The molecule has 0 bridgehead atoms. The summed E-state index contributed by atoms with van der Waals surface area (Å²) in [6.07, 6.45) is -0.349. The van der Waals surface area contributed by atoms with Crippen LogP contribution in [0.1, 0.15) is 22.8 Å². The second kappa shape index (κ2) is 6.16. The molecule has 2 rings (SSSR count). The molecule has 0 heterocycles. The second-order valence-corrected chi connectivity index (χ2v) is 4.35. The van der Waals surface area contributed by atoms with E-state index in [9.17, 15) is 4.79 Å². The van der Waals surface area contributed by atoms with Gasteiger partial charge in [0.25, 0.3) is 0 Å². The summed E-state index contributed by atoms with van der Waals surface area (Å²) in [4.78, 5) is 10.7. The van der Waals surface area contributed by atoms with E-state index < -0.39 is 5.97 Å². The van der Waals surface area contributed by atoms with Gasteiger partial charge < -0.3 is 9.84 Å². The summed E-state index contributed by atoms with van der Waals surface area (Å²) in [5.41, 5.74) is 3.04. The van der Waals surface area contributed by atoms with Crippen molar-refractivity contribution < 1.29 is 14.6 Å². The van der Waals surface area contributed by atoms with Crippen molar-refractivity contribution in [3.8, 4) is 0 Å². The molecule has 3 nitrogen and oxygen atoms in total. The van der Waals surface area contributed by atoms with E-state index >= 15 is 0 Å². The van der Waals surface area contributed by atoms with Gasteiger partial charge in [-0.15, -0.1) is 0 Å². The molecule has 0 saturated carbocycles. The van der Waals surface area contributed by atoms with Gasteiger partial charge >= 0.3 is 5.97 Å². The van der Waals surface area contributed by atoms with Gasteiger partial charge in [0.2, 0.25) is 0 Å². The average molecular weight is 256 g/mol. The lowest BCUT2D eigenvalue weighted by Gasteiger charge is -2.19. The van der Waals surface area contributed by atoms with Gasteiger partial charge in [0.1, 0.15) is 12.7 Å². The van der Waals surface area contributed by atoms with E-state index in [-0.39, 0.29) is 12.7 Å². The first-order chi connectivity index (χ1) is 9.18. The topological polar surface area (TPSA) is 46.5 Å². The summed E-state index contributed by atoms with van der Waals surface area (Å²) in [6.45, 7) is 1.68. The first-order valence-corrected chi connectivity index (χ1v) is 6.12. The largest absolute Gasteiger partial charge is 0.480 e. The SMILES string of the molecule is Cc1ccccc1[C@@H](OCC(=O)O)c1ccccc1. The van der Waals surface area contributed by atoms with Gasteiger partial charge in [0.05, 0.1) is 0 Å². The summed E-state index contributed by atoms with van der Waals surface area (Å²) < 4.78 is 5.56. The Bertz CT molecular complexity index is 549. The van der Waals surface area contributed by atoms with Gasteiger partial charge in [-0.1, -0.05) is 54.6 Å². The minimum absolute atomic E-state index is 0.312. The van der Waals surface area contributed by atoms with Crippen molar-refractivity contribution in [3.63, 3.8) is 0 Å². The van der Waals surface area contributed by atoms with E-state index in [1.165, 1.54) is 0 Å². The smallest absolute Gasteiger partial charge is 0.329 e. The Balaban J connectivity index is 2.35. The molecule has 0 aliphatic heterocycles. The number of hydrogen-bond acceptors (Lipinski definition) is 2. The summed E-state index contributed by atoms with van der Waals surface area (Å²) in [6, 6.07) is 17.5. The second-order valence-electron chi connectivity index (χ2n) is 4.35. The lowest BCUT2D eigenvalue weighted by Crippen LogP contribution is -2.14. The standard InChI is InChI=1S/C16H16O3/c1-12-7-5-6-10-14(12)16(19-11-15(17)18)13-8-3-2-4-9-13/h2-10,16H,11H2,1H3,(H,17,18)/t16-/m0/s1. The number of rotatable bonds is 5. The van der Waals surface area contributed by atoms with E-state index in [2.05, 4.69) is 0 Å². The summed E-state index contributed by atoms with van der Waals surface area (Å²) >= 11 is 0. The minimum atomic E-state index is -0.963. The molecule has 1 atom stereocenters. The summed E-state index contributed by atoms with van der Waals surface area (Å²) in [5.74, 6) is -0.963. The maximum atomic E-state index is 10.7. The molecule has 0 aromatic heterocycles. The molecule has 0 spiro atoms. The van der Waals surface area contributed by atoms with E-state index in [0.717, 1.165) is 16.7 Å². The average Bonchev–Trinajstić information content (AvgIpc) is 2.42. The Labute approximate surface area is 112 Å². The van der Waals surface area contributed by atoms with Crippen LogP contribution in [-0.4, -0.2) is 17.7 Å². The number of carboxylic acids is 1. The molecule has 1 N–H and O–H groups in total. The van der Waals surface area contributed by atoms with Crippen LogP contribution < -0.4 is 0 Å². The Morgan fingerprint density at radius 1 is 1.11 bits per heavy atom. The molecule has 2 aromatic rings. The molecule has 0 aliphatic carbocycles. The van der Waals surface area contributed by atoms with Gasteiger partial charge in [-0.05, 0) is 23.6 Å².